The van der Waals surface area contributed by atoms with E-state index >= 15 is 0 Å². The van der Waals surface area contributed by atoms with E-state index in [-0.39, 0.29) is 29.5 Å². The van der Waals surface area contributed by atoms with Crippen LogP contribution in [-0.2, 0) is 12.7 Å². The van der Waals surface area contributed by atoms with Crippen LogP contribution in [0.4, 0.5) is 13.2 Å². The van der Waals surface area contributed by atoms with E-state index in [0.717, 1.165) is 42.6 Å². The molecular weight excluding hydrogens is 543 g/mol. The van der Waals surface area contributed by atoms with E-state index in [0.29, 0.717) is 27.6 Å². The standard InChI is InChI=1S/C25H25BrF3N3O2S/c1-34-20-9-8-14(10-19(20)26)24(33)30-15-11-16-4-2-5-17(12-15)32(16)13-22-31-23-18(25(27,28)29)6-3-7-21(23)35-22/h3,6-10,15-17H,2,4-5,11-13H2,1H3,(H,30,33). The van der Waals surface area contributed by atoms with Crippen molar-refractivity contribution in [3.8, 4) is 5.75 Å². The molecule has 2 saturated heterocycles. The molecule has 0 radical (unpaired) electrons. The highest BCUT2D eigenvalue weighted by molar-refractivity contribution is 9.10. The highest BCUT2D eigenvalue weighted by atomic mass is 79.9. The zero-order chi connectivity index (χ0) is 24.7. The Balaban J connectivity index is 1.29. The second kappa shape index (κ2) is 9.71. The molecule has 2 aromatic carbocycles. The van der Waals surface area contributed by atoms with E-state index in [1.54, 1.807) is 31.4 Å². The summed E-state index contributed by atoms with van der Waals surface area (Å²) in [5.74, 6) is 0.553. The minimum absolute atomic E-state index is 0.0398. The van der Waals surface area contributed by atoms with Crippen LogP contribution in [0.3, 0.4) is 0 Å². The maximum atomic E-state index is 13.4. The van der Waals surface area contributed by atoms with Crippen LogP contribution in [0.2, 0.25) is 0 Å². The quantitative estimate of drug-likeness (QED) is 0.387. The lowest BCUT2D eigenvalue weighted by Gasteiger charge is -2.48. The fourth-order valence-corrected chi connectivity index (χ4v) is 6.92. The number of benzene rings is 2. The fraction of sp³-hybridized carbons (Fsp3) is 0.440. The molecule has 35 heavy (non-hydrogen) atoms. The molecule has 0 aliphatic carbocycles. The largest absolute Gasteiger partial charge is 0.496 e. The predicted octanol–water partition coefficient (Wildman–Crippen LogP) is 6.40. The van der Waals surface area contributed by atoms with Gasteiger partial charge in [0.25, 0.3) is 5.91 Å². The van der Waals surface area contributed by atoms with Crippen molar-refractivity contribution in [2.75, 3.05) is 7.11 Å². The molecule has 5 rings (SSSR count). The monoisotopic (exact) mass is 567 g/mol. The molecule has 2 unspecified atom stereocenters. The Morgan fingerprint density at radius 3 is 2.63 bits per heavy atom. The molecule has 3 aromatic rings. The number of carbonyl (C=O) groups excluding carboxylic acids is 1. The number of fused-ring (bicyclic) bond motifs is 3. The number of nitrogens with one attached hydrogen (secondary N) is 1. The number of para-hydroxylation sites is 1. The van der Waals surface area contributed by atoms with Crippen molar-refractivity contribution >= 4 is 43.4 Å². The first-order chi connectivity index (χ1) is 16.7. The van der Waals surface area contributed by atoms with Crippen LogP contribution in [0.15, 0.2) is 40.9 Å². The number of alkyl halides is 3. The predicted molar refractivity (Wildman–Crippen MR) is 133 cm³/mol. The average Bonchev–Trinajstić information content (AvgIpc) is 3.21. The molecular formula is C25H25BrF3N3O2S. The van der Waals surface area contributed by atoms with Crippen LogP contribution in [-0.4, -0.2) is 41.0 Å². The summed E-state index contributed by atoms with van der Waals surface area (Å²) < 4.78 is 46.8. The lowest BCUT2D eigenvalue weighted by molar-refractivity contribution is -0.136. The summed E-state index contributed by atoms with van der Waals surface area (Å²) in [5.41, 5.74) is -0.0672. The first-order valence-electron chi connectivity index (χ1n) is 11.6. The molecule has 5 nitrogen and oxygen atoms in total. The Labute approximate surface area is 213 Å². The van der Waals surface area contributed by atoms with Gasteiger partial charge in [0.05, 0.1) is 33.9 Å². The van der Waals surface area contributed by atoms with Crippen LogP contribution in [0.5, 0.6) is 5.75 Å². The molecule has 0 saturated carbocycles. The average molecular weight is 568 g/mol. The molecule has 1 aromatic heterocycles. The number of halogens is 4. The van der Waals surface area contributed by atoms with Gasteiger partial charge in [-0.1, -0.05) is 12.5 Å². The van der Waals surface area contributed by atoms with E-state index in [1.165, 1.54) is 17.4 Å². The Hall–Kier alpha value is -2.17. The maximum absolute atomic E-state index is 13.4. The van der Waals surface area contributed by atoms with Crippen LogP contribution in [0, 0.1) is 0 Å². The molecule has 2 bridgehead atoms. The minimum atomic E-state index is -4.42. The Morgan fingerprint density at radius 2 is 1.97 bits per heavy atom. The van der Waals surface area contributed by atoms with E-state index < -0.39 is 11.7 Å². The van der Waals surface area contributed by atoms with Crippen LogP contribution in [0.1, 0.15) is 53.0 Å². The van der Waals surface area contributed by atoms with Gasteiger partial charge >= 0.3 is 6.18 Å². The number of carbonyl (C=O) groups is 1. The zero-order valence-corrected chi connectivity index (χ0v) is 21.5. The third-order valence-corrected chi connectivity index (χ3v) is 8.59. The Morgan fingerprint density at radius 1 is 1.23 bits per heavy atom. The number of amides is 1. The lowest BCUT2D eigenvalue weighted by atomic mass is 9.81. The molecule has 0 spiro atoms. The summed E-state index contributed by atoms with van der Waals surface area (Å²) >= 11 is 4.76. The molecule has 2 atom stereocenters. The van der Waals surface area contributed by atoms with Gasteiger partial charge in [-0.3, -0.25) is 9.69 Å². The number of thiazole rings is 1. The highest BCUT2D eigenvalue weighted by Gasteiger charge is 2.39. The molecule has 3 heterocycles. The number of hydrogen-bond acceptors (Lipinski definition) is 5. The van der Waals surface area contributed by atoms with Gasteiger partial charge in [-0.15, -0.1) is 11.3 Å². The normalized spacial score (nSPS) is 22.8. The Kier molecular flexibility index (Phi) is 6.80. The van der Waals surface area contributed by atoms with Gasteiger partial charge in [-0.05, 0) is 71.9 Å². The molecule has 2 aliphatic heterocycles. The van der Waals surface area contributed by atoms with Gasteiger partial charge in [0.2, 0.25) is 0 Å². The third kappa shape index (κ3) is 5.06. The maximum Gasteiger partial charge on any atom is 0.418 e. The molecule has 10 heteroatoms. The molecule has 2 fully saturated rings. The number of piperidine rings is 2. The van der Waals surface area contributed by atoms with Crippen molar-refractivity contribution in [2.45, 2.75) is 63.0 Å². The number of methoxy groups -OCH3 is 1. The Bertz CT molecular complexity index is 1230. The SMILES string of the molecule is COc1ccc(C(=O)NC2CC3CCCC(C2)N3Cc2nc3c(C(F)(F)F)cccc3s2)cc1Br. The highest BCUT2D eigenvalue weighted by Crippen LogP contribution is 2.39. The second-order valence-corrected chi connectivity index (χ2v) is 11.1. The topological polar surface area (TPSA) is 54.5 Å². The van der Waals surface area contributed by atoms with E-state index in [4.69, 9.17) is 4.74 Å². The summed E-state index contributed by atoms with van der Waals surface area (Å²) in [4.78, 5) is 19.7. The van der Waals surface area contributed by atoms with Gasteiger partial charge in [0.15, 0.2) is 0 Å². The van der Waals surface area contributed by atoms with E-state index in [2.05, 4.69) is 31.1 Å². The van der Waals surface area contributed by atoms with Crippen molar-refractivity contribution < 1.29 is 22.7 Å². The fourth-order valence-electron chi connectivity index (χ4n) is 5.38. The second-order valence-electron chi connectivity index (χ2n) is 9.16. The lowest BCUT2D eigenvalue weighted by Crippen LogP contribution is -2.56. The van der Waals surface area contributed by atoms with Crippen LogP contribution in [0.25, 0.3) is 10.2 Å². The van der Waals surface area contributed by atoms with Crippen molar-refractivity contribution in [1.29, 1.82) is 0 Å². The molecule has 1 N–H and O–H groups in total. The molecule has 2 aliphatic rings. The van der Waals surface area contributed by atoms with Crippen molar-refractivity contribution in [3.63, 3.8) is 0 Å². The van der Waals surface area contributed by atoms with Gasteiger partial charge in [-0.25, -0.2) is 4.98 Å². The van der Waals surface area contributed by atoms with Gasteiger partial charge < -0.3 is 10.1 Å². The van der Waals surface area contributed by atoms with E-state index in [1.807, 2.05) is 0 Å². The minimum Gasteiger partial charge on any atom is -0.496 e. The van der Waals surface area contributed by atoms with E-state index in [9.17, 15) is 18.0 Å². The van der Waals surface area contributed by atoms with Crippen LogP contribution >= 0.6 is 27.3 Å². The van der Waals surface area contributed by atoms with Crippen molar-refractivity contribution in [1.82, 2.24) is 15.2 Å². The first kappa shape index (κ1) is 24.5. The number of aromatic nitrogens is 1. The van der Waals surface area contributed by atoms with Gasteiger partial charge in [0, 0.05) is 23.7 Å². The van der Waals surface area contributed by atoms with Crippen LogP contribution < -0.4 is 10.1 Å². The zero-order valence-electron chi connectivity index (χ0n) is 19.1. The van der Waals surface area contributed by atoms with Crippen molar-refractivity contribution in [2.24, 2.45) is 0 Å². The van der Waals surface area contributed by atoms with Crippen molar-refractivity contribution in [3.05, 3.63) is 57.0 Å². The van der Waals surface area contributed by atoms with Gasteiger partial charge in [-0.2, -0.15) is 13.2 Å². The summed E-state index contributed by atoms with van der Waals surface area (Å²) in [6.07, 6.45) is 0.356. The van der Waals surface area contributed by atoms with Gasteiger partial charge in [0.1, 0.15) is 10.8 Å². The third-order valence-electron chi connectivity index (χ3n) is 6.96. The number of rotatable bonds is 5. The molecule has 186 valence electrons. The summed E-state index contributed by atoms with van der Waals surface area (Å²) in [5, 5.41) is 3.90. The summed E-state index contributed by atoms with van der Waals surface area (Å²) in [7, 11) is 1.58. The number of nitrogens with zero attached hydrogens (tertiary/aromatic N) is 2. The smallest absolute Gasteiger partial charge is 0.418 e. The molecule has 1 amide bonds. The summed E-state index contributed by atoms with van der Waals surface area (Å²) in [6, 6.07) is 10.1. The number of ether oxygens (including phenoxy) is 1. The summed E-state index contributed by atoms with van der Waals surface area (Å²) in [6.45, 7) is 0.540. The first-order valence-corrected chi connectivity index (χ1v) is 13.2. The number of hydrogen-bond donors (Lipinski definition) is 1.